The highest BCUT2D eigenvalue weighted by atomic mass is 79.9. The monoisotopic (exact) mass is 345 g/mol. The van der Waals surface area contributed by atoms with E-state index in [0.29, 0.717) is 4.47 Å². The van der Waals surface area contributed by atoms with Gasteiger partial charge in [0.05, 0.1) is 11.1 Å². The van der Waals surface area contributed by atoms with E-state index in [1.807, 2.05) is 0 Å². The van der Waals surface area contributed by atoms with Gasteiger partial charge < -0.3 is 10.5 Å². The van der Waals surface area contributed by atoms with Crippen molar-refractivity contribution in [2.24, 2.45) is 5.73 Å². The van der Waals surface area contributed by atoms with Gasteiger partial charge >= 0.3 is 6.18 Å². The molecule has 0 aliphatic heterocycles. The van der Waals surface area contributed by atoms with E-state index in [4.69, 9.17) is 10.5 Å². The van der Waals surface area contributed by atoms with Crippen LogP contribution >= 0.6 is 28.3 Å². The molecule has 2 N–H and O–H groups in total. The van der Waals surface area contributed by atoms with Gasteiger partial charge in [-0.25, -0.2) is 0 Å². The highest BCUT2D eigenvalue weighted by Crippen LogP contribution is 2.36. The summed E-state index contributed by atoms with van der Waals surface area (Å²) in [7, 11) is 0. The van der Waals surface area contributed by atoms with Crippen molar-refractivity contribution in [3.05, 3.63) is 28.2 Å². The van der Waals surface area contributed by atoms with Gasteiger partial charge in [-0.3, -0.25) is 0 Å². The fourth-order valence-corrected chi connectivity index (χ4v) is 1.81. The van der Waals surface area contributed by atoms with Crippen LogP contribution in [0.1, 0.15) is 18.4 Å². The molecule has 2 nitrogen and oxygen atoms in total. The molecule has 0 radical (unpaired) electrons. The molecule has 102 valence electrons. The van der Waals surface area contributed by atoms with Crippen LogP contribution in [0.15, 0.2) is 22.7 Å². The van der Waals surface area contributed by atoms with Crippen molar-refractivity contribution < 1.29 is 17.9 Å². The van der Waals surface area contributed by atoms with Crippen LogP contribution in [-0.4, -0.2) is 12.1 Å². The summed E-state index contributed by atoms with van der Waals surface area (Å²) in [6.45, 7) is 0.251. The summed E-state index contributed by atoms with van der Waals surface area (Å²) in [4.78, 5) is 0. The fourth-order valence-electron chi connectivity index (χ4n) is 1.34. The summed E-state index contributed by atoms with van der Waals surface area (Å²) in [5.41, 5.74) is 4.72. The van der Waals surface area contributed by atoms with Crippen LogP contribution in [0.2, 0.25) is 0 Å². The highest BCUT2D eigenvalue weighted by Gasteiger charge is 2.39. The van der Waals surface area contributed by atoms with E-state index in [1.54, 1.807) is 0 Å². The molecule has 1 aliphatic rings. The van der Waals surface area contributed by atoms with Crippen LogP contribution < -0.4 is 10.5 Å². The van der Waals surface area contributed by atoms with E-state index in [2.05, 4.69) is 15.9 Å². The number of alkyl halides is 3. The molecule has 0 aromatic heterocycles. The number of nitrogens with two attached hydrogens (primary N) is 1. The molecule has 0 saturated heterocycles. The maximum absolute atomic E-state index is 12.5. The van der Waals surface area contributed by atoms with E-state index in [0.717, 1.165) is 25.0 Å². The van der Waals surface area contributed by atoms with Crippen molar-refractivity contribution in [1.29, 1.82) is 0 Å². The Bertz CT molecular complexity index is 435. The van der Waals surface area contributed by atoms with Crippen LogP contribution in [0.5, 0.6) is 5.75 Å². The lowest BCUT2D eigenvalue weighted by atomic mass is 10.2. The Morgan fingerprint density at radius 3 is 2.39 bits per heavy atom. The van der Waals surface area contributed by atoms with Crippen molar-refractivity contribution in [3.8, 4) is 5.75 Å². The molecular formula is C11H12BrClF3NO. The maximum atomic E-state index is 12.5. The van der Waals surface area contributed by atoms with E-state index < -0.39 is 11.7 Å². The molecule has 1 aromatic carbocycles. The first-order valence-electron chi connectivity index (χ1n) is 5.08. The second-order valence-electron chi connectivity index (χ2n) is 4.32. The minimum absolute atomic E-state index is 0. The molecule has 0 spiro atoms. The van der Waals surface area contributed by atoms with Crippen molar-refractivity contribution >= 4 is 28.3 Å². The minimum atomic E-state index is -4.37. The molecule has 1 fully saturated rings. The van der Waals surface area contributed by atoms with E-state index in [-0.39, 0.29) is 30.3 Å². The van der Waals surface area contributed by atoms with Gasteiger partial charge in [-0.05, 0) is 31.0 Å². The van der Waals surface area contributed by atoms with Gasteiger partial charge in [0, 0.05) is 4.47 Å². The van der Waals surface area contributed by atoms with Gasteiger partial charge in [0.15, 0.2) is 0 Å². The lowest BCUT2D eigenvalue weighted by Crippen LogP contribution is -2.29. The average molecular weight is 347 g/mol. The summed E-state index contributed by atoms with van der Waals surface area (Å²) in [6, 6.07) is 3.50. The minimum Gasteiger partial charge on any atom is -0.492 e. The standard InChI is InChI=1S/C11H11BrF3NO.ClH/c12-8-3-7(11(13,14)15)4-9(5-8)17-6-10(16)1-2-10;/h3-5H,1-2,6,16H2;1H. The van der Waals surface area contributed by atoms with Gasteiger partial charge in [-0.1, -0.05) is 15.9 Å². The summed E-state index contributed by atoms with van der Waals surface area (Å²) in [5.74, 6) is 0.184. The first-order chi connectivity index (χ1) is 7.78. The number of hydrogen-bond acceptors (Lipinski definition) is 2. The Morgan fingerprint density at radius 2 is 1.89 bits per heavy atom. The van der Waals surface area contributed by atoms with Gasteiger partial charge in [0.25, 0.3) is 0 Å². The Morgan fingerprint density at radius 1 is 1.28 bits per heavy atom. The van der Waals surface area contributed by atoms with Gasteiger partial charge in [-0.15, -0.1) is 12.4 Å². The van der Waals surface area contributed by atoms with Crippen molar-refractivity contribution in [2.45, 2.75) is 24.6 Å². The topological polar surface area (TPSA) is 35.2 Å². The predicted molar refractivity (Wildman–Crippen MR) is 68.0 cm³/mol. The molecule has 0 bridgehead atoms. The number of benzene rings is 1. The third kappa shape index (κ3) is 4.03. The number of halogens is 5. The Labute approximate surface area is 117 Å². The molecule has 0 atom stereocenters. The Hall–Kier alpha value is -0.460. The normalized spacial score (nSPS) is 16.9. The number of hydrogen-bond donors (Lipinski definition) is 1. The zero-order valence-corrected chi connectivity index (χ0v) is 11.7. The SMILES string of the molecule is Cl.NC1(COc2cc(Br)cc(C(F)(F)F)c2)CC1. The Kier molecular flexibility index (Phi) is 4.56. The summed E-state index contributed by atoms with van der Waals surface area (Å²) in [6.07, 6.45) is -2.66. The van der Waals surface area contributed by atoms with Crippen LogP contribution in [0.3, 0.4) is 0 Å². The number of ether oxygens (including phenoxy) is 1. The molecule has 0 heterocycles. The maximum Gasteiger partial charge on any atom is 0.416 e. The first kappa shape index (κ1) is 15.6. The molecule has 0 amide bonds. The Balaban J connectivity index is 0.00000162. The fraction of sp³-hybridized carbons (Fsp3) is 0.455. The van der Waals surface area contributed by atoms with Gasteiger partial charge in [0.2, 0.25) is 0 Å². The summed E-state index contributed by atoms with van der Waals surface area (Å²) in [5, 5.41) is 0. The van der Waals surface area contributed by atoms with Crippen LogP contribution in [0.25, 0.3) is 0 Å². The second kappa shape index (κ2) is 5.27. The highest BCUT2D eigenvalue weighted by molar-refractivity contribution is 9.10. The van der Waals surface area contributed by atoms with Crippen LogP contribution in [0, 0.1) is 0 Å². The van der Waals surface area contributed by atoms with E-state index in [9.17, 15) is 13.2 Å². The van der Waals surface area contributed by atoms with Crippen LogP contribution in [0.4, 0.5) is 13.2 Å². The van der Waals surface area contributed by atoms with Gasteiger partial charge in [-0.2, -0.15) is 13.2 Å². The lowest BCUT2D eigenvalue weighted by Gasteiger charge is -2.13. The van der Waals surface area contributed by atoms with Crippen LogP contribution in [-0.2, 0) is 6.18 Å². The zero-order valence-electron chi connectivity index (χ0n) is 9.26. The van der Waals surface area contributed by atoms with Gasteiger partial charge in [0.1, 0.15) is 12.4 Å². The molecular weight excluding hydrogens is 334 g/mol. The quantitative estimate of drug-likeness (QED) is 0.904. The summed E-state index contributed by atoms with van der Waals surface area (Å²) >= 11 is 3.03. The van der Waals surface area contributed by atoms with Crippen molar-refractivity contribution in [1.82, 2.24) is 0 Å². The molecule has 7 heteroatoms. The molecule has 18 heavy (non-hydrogen) atoms. The predicted octanol–water partition coefficient (Wildman–Crippen LogP) is 3.76. The summed E-state index contributed by atoms with van der Waals surface area (Å²) < 4.78 is 43.2. The largest absolute Gasteiger partial charge is 0.492 e. The molecule has 1 aromatic rings. The third-order valence-corrected chi connectivity index (χ3v) is 3.07. The van der Waals surface area contributed by atoms with Crippen molar-refractivity contribution in [3.63, 3.8) is 0 Å². The molecule has 1 saturated carbocycles. The second-order valence-corrected chi connectivity index (χ2v) is 5.24. The lowest BCUT2D eigenvalue weighted by molar-refractivity contribution is -0.137. The van der Waals surface area contributed by atoms with Crippen molar-refractivity contribution in [2.75, 3.05) is 6.61 Å². The first-order valence-corrected chi connectivity index (χ1v) is 5.87. The molecule has 2 rings (SSSR count). The smallest absolute Gasteiger partial charge is 0.416 e. The molecule has 1 aliphatic carbocycles. The third-order valence-electron chi connectivity index (χ3n) is 2.62. The van der Waals surface area contributed by atoms with E-state index in [1.165, 1.54) is 6.07 Å². The molecule has 0 unspecified atom stereocenters. The number of rotatable bonds is 3. The average Bonchev–Trinajstić information content (AvgIpc) is 2.92. The zero-order chi connectivity index (χ0) is 12.7. The van der Waals surface area contributed by atoms with E-state index >= 15 is 0 Å².